The van der Waals surface area contributed by atoms with Crippen molar-refractivity contribution >= 4 is 12.1 Å². The van der Waals surface area contributed by atoms with Crippen LogP contribution in [-0.4, -0.2) is 12.1 Å². The van der Waals surface area contributed by atoms with Gasteiger partial charge in [0.1, 0.15) is 12.1 Å². The third-order valence-corrected chi connectivity index (χ3v) is 5.87. The van der Waals surface area contributed by atoms with Gasteiger partial charge in [0.15, 0.2) is 0 Å². The predicted octanol–water partition coefficient (Wildman–Crippen LogP) is 7.04. The summed E-state index contributed by atoms with van der Waals surface area (Å²) in [4.78, 5) is 22.4. The quantitative estimate of drug-likeness (QED) is 0.221. The van der Waals surface area contributed by atoms with Gasteiger partial charge in [-0.25, -0.2) is 0 Å². The number of aldehydes is 1. The van der Waals surface area contributed by atoms with E-state index < -0.39 is 0 Å². The van der Waals surface area contributed by atoms with E-state index in [-0.39, 0.29) is 5.41 Å². The second-order valence-electron chi connectivity index (χ2n) is 8.94. The molecule has 1 aliphatic carbocycles. The molecule has 2 nitrogen and oxygen atoms in total. The van der Waals surface area contributed by atoms with Crippen LogP contribution in [0.15, 0.2) is 0 Å². The van der Waals surface area contributed by atoms with Gasteiger partial charge in [-0.05, 0) is 25.7 Å². The summed E-state index contributed by atoms with van der Waals surface area (Å²) in [7, 11) is 0. The van der Waals surface area contributed by atoms with Crippen molar-refractivity contribution in [3.05, 3.63) is 0 Å². The Labute approximate surface area is 156 Å². The third-order valence-electron chi connectivity index (χ3n) is 5.87. The first-order valence-electron chi connectivity index (χ1n) is 11.0. The highest BCUT2D eigenvalue weighted by atomic mass is 16.1. The fraction of sp³-hybridized carbons (Fsp3) is 0.913. The van der Waals surface area contributed by atoms with Crippen molar-refractivity contribution in [2.45, 2.75) is 123 Å². The van der Waals surface area contributed by atoms with Crippen molar-refractivity contribution < 1.29 is 9.59 Å². The Bertz CT molecular complexity index is 359. The van der Waals surface area contributed by atoms with Gasteiger partial charge in [0.05, 0.1) is 0 Å². The van der Waals surface area contributed by atoms with E-state index in [1.54, 1.807) is 0 Å². The van der Waals surface area contributed by atoms with Gasteiger partial charge in [0, 0.05) is 17.8 Å². The van der Waals surface area contributed by atoms with Gasteiger partial charge in [-0.3, -0.25) is 4.79 Å². The normalized spacial score (nSPS) is 18.0. The zero-order valence-corrected chi connectivity index (χ0v) is 17.0. The van der Waals surface area contributed by atoms with Gasteiger partial charge < -0.3 is 4.79 Å². The molecule has 146 valence electrons. The minimum Gasteiger partial charge on any atom is -0.303 e. The summed E-state index contributed by atoms with van der Waals surface area (Å²) in [5, 5.41) is 0. The lowest BCUT2D eigenvalue weighted by Gasteiger charge is -2.15. The Kier molecular flexibility index (Phi) is 12.1. The minimum absolute atomic E-state index is 0.118. The molecule has 0 spiro atoms. The molecule has 1 fully saturated rings. The fourth-order valence-electron chi connectivity index (χ4n) is 3.99. The molecule has 1 unspecified atom stereocenters. The Morgan fingerprint density at radius 2 is 1.32 bits per heavy atom. The summed E-state index contributed by atoms with van der Waals surface area (Å²) < 4.78 is 0. The summed E-state index contributed by atoms with van der Waals surface area (Å²) in [6, 6.07) is 0. The van der Waals surface area contributed by atoms with Gasteiger partial charge in [-0.15, -0.1) is 0 Å². The number of unbranched alkanes of at least 4 members (excludes halogenated alkanes) is 11. The van der Waals surface area contributed by atoms with Crippen LogP contribution in [0.2, 0.25) is 0 Å². The van der Waals surface area contributed by atoms with Crippen molar-refractivity contribution in [2.75, 3.05) is 0 Å². The number of hydrogen-bond acceptors (Lipinski definition) is 2. The van der Waals surface area contributed by atoms with Gasteiger partial charge >= 0.3 is 0 Å². The lowest BCUT2D eigenvalue weighted by molar-refractivity contribution is -0.120. The van der Waals surface area contributed by atoms with Crippen LogP contribution in [-0.2, 0) is 9.59 Å². The lowest BCUT2D eigenvalue weighted by Crippen LogP contribution is -2.12. The lowest BCUT2D eigenvalue weighted by atomic mass is 9.88. The highest BCUT2D eigenvalue weighted by Gasteiger charge is 2.23. The molecular weight excluding hydrogens is 308 g/mol. The van der Waals surface area contributed by atoms with Crippen molar-refractivity contribution in [3.63, 3.8) is 0 Å². The van der Waals surface area contributed by atoms with Crippen molar-refractivity contribution in [3.8, 4) is 0 Å². The number of carbonyl (C=O) groups is 2. The largest absolute Gasteiger partial charge is 0.303 e. The predicted molar refractivity (Wildman–Crippen MR) is 107 cm³/mol. The minimum atomic E-state index is -0.118. The molecular formula is C23H42O2. The molecule has 2 heteroatoms. The second kappa shape index (κ2) is 13.5. The molecule has 0 N–H and O–H groups in total. The first kappa shape index (κ1) is 22.4. The molecule has 1 atom stereocenters. The van der Waals surface area contributed by atoms with Gasteiger partial charge in [-0.2, -0.15) is 0 Å². The first-order chi connectivity index (χ1) is 12.0. The summed E-state index contributed by atoms with van der Waals surface area (Å²) in [6.07, 6.45) is 22.4. The molecule has 0 amide bonds. The SMILES string of the molecule is CC(C)(C=O)CCCCCCCCCCCCCCC1CCCC1=O. The van der Waals surface area contributed by atoms with Crippen LogP contribution in [0.1, 0.15) is 123 Å². The van der Waals surface area contributed by atoms with Gasteiger partial charge in [-0.1, -0.05) is 90.9 Å². The highest BCUT2D eigenvalue weighted by Crippen LogP contribution is 2.26. The Morgan fingerprint density at radius 3 is 1.76 bits per heavy atom. The van der Waals surface area contributed by atoms with Crippen molar-refractivity contribution in [2.24, 2.45) is 11.3 Å². The Hall–Kier alpha value is -0.660. The maximum absolute atomic E-state index is 11.6. The molecule has 0 saturated heterocycles. The summed E-state index contributed by atoms with van der Waals surface area (Å²) >= 11 is 0. The number of rotatable bonds is 16. The van der Waals surface area contributed by atoms with Crippen LogP contribution >= 0.6 is 0 Å². The van der Waals surface area contributed by atoms with Crippen LogP contribution in [0, 0.1) is 11.3 Å². The van der Waals surface area contributed by atoms with Crippen LogP contribution in [0.4, 0.5) is 0 Å². The average Bonchev–Trinajstić information content (AvgIpc) is 3.00. The third kappa shape index (κ3) is 11.5. The molecule has 25 heavy (non-hydrogen) atoms. The molecule has 0 aromatic carbocycles. The van der Waals surface area contributed by atoms with Gasteiger partial charge in [0.2, 0.25) is 0 Å². The molecule has 0 bridgehead atoms. The molecule has 0 aliphatic heterocycles. The summed E-state index contributed by atoms with van der Waals surface area (Å²) in [6.45, 7) is 4.07. The topological polar surface area (TPSA) is 34.1 Å². The van der Waals surface area contributed by atoms with Crippen molar-refractivity contribution in [1.29, 1.82) is 0 Å². The molecule has 0 aromatic heterocycles. The molecule has 1 rings (SSSR count). The van der Waals surface area contributed by atoms with Crippen LogP contribution in [0.25, 0.3) is 0 Å². The zero-order chi connectivity index (χ0) is 18.4. The first-order valence-corrected chi connectivity index (χ1v) is 11.0. The monoisotopic (exact) mass is 350 g/mol. The van der Waals surface area contributed by atoms with E-state index in [1.807, 2.05) is 13.8 Å². The van der Waals surface area contributed by atoms with E-state index >= 15 is 0 Å². The van der Waals surface area contributed by atoms with Crippen LogP contribution < -0.4 is 0 Å². The zero-order valence-electron chi connectivity index (χ0n) is 17.0. The molecule has 0 aromatic rings. The molecule has 0 radical (unpaired) electrons. The molecule has 1 aliphatic rings. The number of ketones is 1. The van der Waals surface area contributed by atoms with Crippen molar-refractivity contribution in [1.82, 2.24) is 0 Å². The van der Waals surface area contributed by atoms with E-state index in [2.05, 4.69) is 0 Å². The smallest absolute Gasteiger partial charge is 0.135 e. The van der Waals surface area contributed by atoms with E-state index in [0.717, 1.165) is 38.4 Å². The maximum Gasteiger partial charge on any atom is 0.135 e. The van der Waals surface area contributed by atoms with Gasteiger partial charge in [0.25, 0.3) is 0 Å². The number of Topliss-reactive ketones (excluding diaryl/α,β-unsaturated/α-hetero) is 1. The summed E-state index contributed by atoms with van der Waals surface area (Å²) in [5.74, 6) is 0.956. The average molecular weight is 351 g/mol. The fourth-order valence-corrected chi connectivity index (χ4v) is 3.99. The number of hydrogen-bond donors (Lipinski definition) is 0. The summed E-state index contributed by atoms with van der Waals surface area (Å²) in [5.41, 5.74) is -0.118. The standard InChI is InChI=1S/C23H42O2/c1-23(2,20-24)19-14-12-10-8-6-4-3-5-7-9-11-13-16-21-17-15-18-22(21)25/h20-21H,3-19H2,1-2H3. The van der Waals surface area contributed by atoms with Crippen LogP contribution in [0.5, 0.6) is 0 Å². The second-order valence-corrected chi connectivity index (χ2v) is 8.94. The van der Waals surface area contributed by atoms with E-state index in [0.29, 0.717) is 11.7 Å². The maximum atomic E-state index is 11.6. The van der Waals surface area contributed by atoms with E-state index in [9.17, 15) is 9.59 Å². The van der Waals surface area contributed by atoms with E-state index in [4.69, 9.17) is 0 Å². The van der Waals surface area contributed by atoms with E-state index in [1.165, 1.54) is 77.0 Å². The highest BCUT2D eigenvalue weighted by molar-refractivity contribution is 5.82. The van der Waals surface area contributed by atoms with Crippen LogP contribution in [0.3, 0.4) is 0 Å². The molecule has 1 saturated carbocycles. The number of carbonyl (C=O) groups excluding carboxylic acids is 2. The molecule has 0 heterocycles. The Balaban J connectivity index is 1.74. The Morgan fingerprint density at radius 1 is 0.840 bits per heavy atom.